The molecule has 2 N–H and O–H groups in total. The lowest BCUT2D eigenvalue weighted by molar-refractivity contribution is -0.123. The largest absolute Gasteiger partial charge is 0.348 e. The third-order valence-electron chi connectivity index (χ3n) is 4.61. The quantitative estimate of drug-likeness (QED) is 0.663. The van der Waals surface area contributed by atoms with Crippen molar-refractivity contribution >= 4 is 17.5 Å². The zero-order chi connectivity index (χ0) is 21.9. The zero-order valence-corrected chi connectivity index (χ0v) is 17.5. The maximum atomic E-state index is 14.5. The highest BCUT2D eigenvalue weighted by atomic mass is 19.1. The van der Waals surface area contributed by atoms with Crippen molar-refractivity contribution in [3.8, 4) is 5.69 Å². The molecule has 0 unspecified atom stereocenters. The zero-order valence-electron chi connectivity index (χ0n) is 17.5. The monoisotopic (exact) mass is 408 g/mol. The second kappa shape index (κ2) is 8.49. The van der Waals surface area contributed by atoms with Crippen LogP contribution in [0.2, 0.25) is 0 Å². The van der Waals surface area contributed by atoms with Gasteiger partial charge in [-0.25, -0.2) is 9.37 Å². The van der Waals surface area contributed by atoms with Crippen LogP contribution in [-0.2, 0) is 11.3 Å². The lowest BCUT2D eigenvalue weighted by Gasteiger charge is -2.18. The summed E-state index contributed by atoms with van der Waals surface area (Å²) >= 11 is 0. The average Bonchev–Trinajstić information content (AvgIpc) is 3.11. The normalized spacial score (nSPS) is 11.2. The Labute approximate surface area is 175 Å². The van der Waals surface area contributed by atoms with E-state index in [-0.39, 0.29) is 18.4 Å². The van der Waals surface area contributed by atoms with Crippen LogP contribution in [0.5, 0.6) is 0 Å². The number of aryl methyl sites for hydroxylation is 1. The number of nitrogens with one attached hydrogen (secondary N) is 2. The average molecular weight is 408 g/mol. The number of carbonyl (C=O) groups is 2. The molecule has 0 aliphatic carbocycles. The van der Waals surface area contributed by atoms with Gasteiger partial charge in [0.2, 0.25) is 5.91 Å². The summed E-state index contributed by atoms with van der Waals surface area (Å²) in [4.78, 5) is 28.7. The Kier molecular flexibility index (Phi) is 6.01. The smallest absolute Gasteiger partial charge is 0.251 e. The Balaban J connectivity index is 1.66. The van der Waals surface area contributed by atoms with Crippen molar-refractivity contribution in [3.05, 3.63) is 77.6 Å². The molecule has 7 heteroatoms. The van der Waals surface area contributed by atoms with Crippen molar-refractivity contribution in [2.24, 2.45) is 5.41 Å². The molecule has 0 aliphatic heterocycles. The maximum Gasteiger partial charge on any atom is 0.251 e. The Morgan fingerprint density at radius 2 is 1.90 bits per heavy atom. The number of rotatable bonds is 5. The Morgan fingerprint density at radius 1 is 1.13 bits per heavy atom. The highest BCUT2D eigenvalue weighted by molar-refractivity contribution is 5.98. The first-order chi connectivity index (χ1) is 14.1. The topological polar surface area (TPSA) is 76.0 Å². The van der Waals surface area contributed by atoms with E-state index in [1.165, 1.54) is 6.07 Å². The molecule has 0 aliphatic rings. The fraction of sp³-hybridized carbons (Fsp3) is 0.261. The molecule has 0 atom stereocenters. The molecule has 0 bridgehead atoms. The van der Waals surface area contributed by atoms with Crippen molar-refractivity contribution in [1.29, 1.82) is 0 Å². The van der Waals surface area contributed by atoms with Crippen molar-refractivity contribution in [2.75, 3.05) is 5.32 Å². The van der Waals surface area contributed by atoms with Gasteiger partial charge in [0.15, 0.2) is 0 Å². The van der Waals surface area contributed by atoms with Gasteiger partial charge in [-0.1, -0.05) is 32.9 Å². The summed E-state index contributed by atoms with van der Waals surface area (Å²) in [5.74, 6) is -0.149. The molecule has 0 saturated heterocycles. The van der Waals surface area contributed by atoms with Crippen LogP contribution in [0.25, 0.3) is 5.69 Å². The number of nitrogens with zero attached hydrogens (tertiary/aromatic N) is 2. The molecule has 3 rings (SSSR count). The number of benzene rings is 2. The third-order valence-corrected chi connectivity index (χ3v) is 4.61. The molecule has 30 heavy (non-hydrogen) atoms. The number of halogens is 1. The predicted octanol–water partition coefficient (Wildman–Crippen LogP) is 4.23. The number of carbonyl (C=O) groups excluding carboxylic acids is 2. The van der Waals surface area contributed by atoms with E-state index in [4.69, 9.17) is 0 Å². The van der Waals surface area contributed by atoms with Crippen LogP contribution >= 0.6 is 0 Å². The molecule has 156 valence electrons. The summed E-state index contributed by atoms with van der Waals surface area (Å²) in [5, 5.41) is 5.59. The van der Waals surface area contributed by atoms with Crippen molar-refractivity contribution in [3.63, 3.8) is 0 Å². The van der Waals surface area contributed by atoms with Gasteiger partial charge in [0.1, 0.15) is 11.6 Å². The van der Waals surface area contributed by atoms with Crippen LogP contribution in [0.15, 0.2) is 54.9 Å². The number of hydrogen-bond acceptors (Lipinski definition) is 3. The molecule has 0 spiro atoms. The SMILES string of the molecule is Cc1nccn1-c1ccc(CNC(=O)c2cccc(NC(=O)C(C)(C)C)c2)cc1F. The van der Waals surface area contributed by atoms with Crippen LogP contribution < -0.4 is 10.6 Å². The first-order valence-electron chi connectivity index (χ1n) is 9.63. The summed E-state index contributed by atoms with van der Waals surface area (Å²) < 4.78 is 16.2. The van der Waals surface area contributed by atoms with Gasteiger partial charge in [-0.2, -0.15) is 0 Å². The molecule has 0 saturated carbocycles. The minimum absolute atomic E-state index is 0.135. The summed E-state index contributed by atoms with van der Waals surface area (Å²) in [7, 11) is 0. The van der Waals surface area contributed by atoms with E-state index in [0.717, 1.165) is 0 Å². The number of anilines is 1. The first-order valence-corrected chi connectivity index (χ1v) is 9.63. The molecular weight excluding hydrogens is 383 g/mol. The molecule has 1 aromatic heterocycles. The second-order valence-corrected chi connectivity index (χ2v) is 8.10. The van der Waals surface area contributed by atoms with Crippen LogP contribution in [0.1, 0.15) is 42.5 Å². The highest BCUT2D eigenvalue weighted by Crippen LogP contribution is 2.19. The molecule has 0 fully saturated rings. The third kappa shape index (κ3) is 4.92. The van der Waals surface area contributed by atoms with Crippen LogP contribution in [0, 0.1) is 18.2 Å². The first kappa shape index (κ1) is 21.2. The number of imidazole rings is 1. The van der Waals surface area contributed by atoms with E-state index in [2.05, 4.69) is 15.6 Å². The molecule has 2 amide bonds. The van der Waals surface area contributed by atoms with Crippen LogP contribution in [0.3, 0.4) is 0 Å². The van der Waals surface area contributed by atoms with Gasteiger partial charge in [0.05, 0.1) is 5.69 Å². The highest BCUT2D eigenvalue weighted by Gasteiger charge is 2.21. The van der Waals surface area contributed by atoms with Crippen LogP contribution in [-0.4, -0.2) is 21.4 Å². The standard InChI is InChI=1S/C23H25FN4O2/c1-15-25-10-11-28(15)20-9-8-16(12-19(20)24)14-26-21(29)17-6-5-7-18(13-17)27-22(30)23(2,3)4/h5-13H,14H2,1-4H3,(H,26,29)(H,27,30). The minimum Gasteiger partial charge on any atom is -0.348 e. The van der Waals surface area contributed by atoms with E-state index >= 15 is 0 Å². The van der Waals surface area contributed by atoms with Gasteiger partial charge >= 0.3 is 0 Å². The Hall–Kier alpha value is -3.48. The number of aromatic nitrogens is 2. The van der Waals surface area contributed by atoms with E-state index in [0.29, 0.717) is 28.3 Å². The van der Waals surface area contributed by atoms with E-state index < -0.39 is 11.2 Å². The van der Waals surface area contributed by atoms with Gasteiger partial charge in [-0.3, -0.25) is 9.59 Å². The van der Waals surface area contributed by atoms with E-state index in [9.17, 15) is 14.0 Å². The fourth-order valence-corrected chi connectivity index (χ4v) is 2.83. The molecule has 1 heterocycles. The second-order valence-electron chi connectivity index (χ2n) is 8.10. The van der Waals surface area contributed by atoms with Gasteiger partial charge < -0.3 is 15.2 Å². The molecular formula is C23H25FN4O2. The number of hydrogen-bond donors (Lipinski definition) is 2. The van der Waals surface area contributed by atoms with Crippen molar-refractivity contribution in [2.45, 2.75) is 34.2 Å². The fourth-order valence-electron chi connectivity index (χ4n) is 2.83. The number of amides is 2. The van der Waals surface area contributed by atoms with E-state index in [1.807, 2.05) is 20.8 Å². The maximum absolute atomic E-state index is 14.5. The van der Waals surface area contributed by atoms with E-state index in [1.54, 1.807) is 60.3 Å². The molecule has 0 radical (unpaired) electrons. The van der Waals surface area contributed by atoms with Gasteiger partial charge in [0, 0.05) is 35.6 Å². The Morgan fingerprint density at radius 3 is 2.53 bits per heavy atom. The molecule has 6 nitrogen and oxygen atoms in total. The summed E-state index contributed by atoms with van der Waals surface area (Å²) in [6.07, 6.45) is 3.31. The van der Waals surface area contributed by atoms with Gasteiger partial charge in [-0.05, 0) is 42.8 Å². The van der Waals surface area contributed by atoms with Crippen LogP contribution in [0.4, 0.5) is 10.1 Å². The summed E-state index contributed by atoms with van der Waals surface area (Å²) in [5.41, 5.74) is 1.47. The predicted molar refractivity (Wildman–Crippen MR) is 114 cm³/mol. The Bertz CT molecular complexity index is 1080. The minimum atomic E-state index is -0.538. The van der Waals surface area contributed by atoms with Gasteiger partial charge in [-0.15, -0.1) is 0 Å². The molecule has 3 aromatic rings. The van der Waals surface area contributed by atoms with Crippen molar-refractivity contribution < 1.29 is 14.0 Å². The lowest BCUT2D eigenvalue weighted by Crippen LogP contribution is -2.28. The van der Waals surface area contributed by atoms with Gasteiger partial charge in [0.25, 0.3) is 5.91 Å². The van der Waals surface area contributed by atoms with Crippen molar-refractivity contribution in [1.82, 2.24) is 14.9 Å². The lowest BCUT2D eigenvalue weighted by atomic mass is 9.95. The summed E-state index contributed by atoms with van der Waals surface area (Å²) in [6, 6.07) is 11.5. The summed E-state index contributed by atoms with van der Waals surface area (Å²) in [6.45, 7) is 7.43. The molecule has 2 aromatic carbocycles.